The molecule has 0 atom stereocenters. The SMILES string of the molecule is CC(C)(C)c1ccc(-c2c3ccccc3c(-c3ccc(-n4c5ccccc5c5ccccc54)cc3)c3ccccc23)cc1.Cc1ccc(-c2c3ccccc3c(-c3ccc(-n4c5ccccc5c5ccccc54)cc3)c3ccccc23)cc1.Cc1cccc(-c2c3ccccc3c(-c3ccc(-n4c5ccccc5c5ccccc54)cc3)c3ccccc23)c1. The molecule has 3 nitrogen and oxygen atoms in total. The van der Waals surface area contributed by atoms with Gasteiger partial charge in [0.1, 0.15) is 0 Å². The average Bonchev–Trinajstić information content (AvgIpc) is 1.38. The lowest BCUT2D eigenvalue weighted by molar-refractivity contribution is 0.590. The van der Waals surface area contributed by atoms with Gasteiger partial charge >= 0.3 is 0 Å². The van der Waals surface area contributed by atoms with E-state index in [9.17, 15) is 0 Å². The summed E-state index contributed by atoms with van der Waals surface area (Å²) in [6.45, 7) is 11.1. The number of fused-ring (bicyclic) bond motifs is 15. The van der Waals surface area contributed by atoms with E-state index in [1.54, 1.807) is 0 Å². The van der Waals surface area contributed by atoms with Crippen LogP contribution in [-0.2, 0) is 5.41 Å². The van der Waals surface area contributed by atoms with Crippen molar-refractivity contribution in [2.45, 2.75) is 40.0 Å². The maximum Gasteiger partial charge on any atom is 0.0541 e. The second-order valence-corrected chi connectivity index (χ2v) is 33.8. The number of para-hydroxylation sites is 6. The van der Waals surface area contributed by atoms with Crippen LogP contribution in [0, 0.1) is 13.8 Å². The predicted octanol–water partition coefficient (Wildman–Crippen LogP) is 33.2. The summed E-state index contributed by atoms with van der Waals surface area (Å²) < 4.78 is 7.14. The smallest absolute Gasteiger partial charge is 0.0541 e. The first-order valence-corrected chi connectivity index (χ1v) is 42.9. The van der Waals surface area contributed by atoms with E-state index in [2.05, 4.69) is 485 Å². The highest BCUT2D eigenvalue weighted by molar-refractivity contribution is 6.25. The van der Waals surface area contributed by atoms with Gasteiger partial charge in [-0.1, -0.05) is 396 Å². The van der Waals surface area contributed by atoms with Crippen LogP contribution in [0.4, 0.5) is 0 Å². The molecule has 24 rings (SSSR count). The average molecular weight is 1570 g/mol. The van der Waals surface area contributed by atoms with E-state index >= 15 is 0 Å². The van der Waals surface area contributed by atoms with Crippen molar-refractivity contribution in [2.75, 3.05) is 0 Å². The Balaban J connectivity index is 0.000000110. The molecule has 0 aliphatic heterocycles. The highest BCUT2D eigenvalue weighted by Crippen LogP contribution is 2.49. The van der Waals surface area contributed by atoms with E-state index in [1.165, 1.54) is 231 Å². The summed E-state index contributed by atoms with van der Waals surface area (Å²) in [5, 5.41) is 23.1. The quantitative estimate of drug-likeness (QED) is 0.128. The zero-order chi connectivity index (χ0) is 82.4. The van der Waals surface area contributed by atoms with Crippen molar-refractivity contribution in [3.05, 3.63) is 453 Å². The van der Waals surface area contributed by atoms with Crippen LogP contribution >= 0.6 is 0 Å². The van der Waals surface area contributed by atoms with Crippen LogP contribution in [0.1, 0.15) is 37.5 Å². The monoisotopic (exact) mass is 1570 g/mol. The third-order valence-electron chi connectivity index (χ3n) is 25.5. The molecule has 0 fully saturated rings. The first kappa shape index (κ1) is 73.9. The third kappa shape index (κ3) is 12.7. The zero-order valence-corrected chi connectivity index (χ0v) is 69.4. The second-order valence-electron chi connectivity index (χ2n) is 33.8. The fourth-order valence-corrected chi connectivity index (χ4v) is 19.8. The molecule has 123 heavy (non-hydrogen) atoms. The normalized spacial score (nSPS) is 11.8. The van der Waals surface area contributed by atoms with Crippen molar-refractivity contribution in [1.29, 1.82) is 0 Å². The van der Waals surface area contributed by atoms with E-state index in [4.69, 9.17) is 0 Å². The lowest BCUT2D eigenvalue weighted by Crippen LogP contribution is -2.10. The van der Waals surface area contributed by atoms with Gasteiger partial charge in [0, 0.05) is 49.4 Å². The Morgan fingerprint density at radius 2 is 0.341 bits per heavy atom. The summed E-state index contributed by atoms with van der Waals surface area (Å²) in [7, 11) is 0. The number of hydrogen-bond acceptors (Lipinski definition) is 0. The molecule has 0 radical (unpaired) electrons. The van der Waals surface area contributed by atoms with Gasteiger partial charge in [-0.25, -0.2) is 0 Å². The minimum absolute atomic E-state index is 0.123. The van der Waals surface area contributed by atoms with Crippen molar-refractivity contribution < 1.29 is 0 Å². The minimum Gasteiger partial charge on any atom is -0.309 e. The molecule has 0 saturated heterocycles. The number of nitrogens with zero attached hydrogens (tertiary/aromatic N) is 3. The van der Waals surface area contributed by atoms with Crippen molar-refractivity contribution >= 4 is 130 Å². The largest absolute Gasteiger partial charge is 0.309 e. The number of aryl methyl sites for hydroxylation is 2. The Labute approximate surface area is 716 Å². The first-order valence-electron chi connectivity index (χ1n) is 42.9. The molecular weight excluding hydrogens is 1480 g/mol. The maximum absolute atomic E-state index is 2.38. The summed E-state index contributed by atoms with van der Waals surface area (Å²) in [5.74, 6) is 0. The van der Waals surface area contributed by atoms with Crippen LogP contribution in [0.15, 0.2) is 437 Å². The second kappa shape index (κ2) is 30.4. The van der Waals surface area contributed by atoms with E-state index in [0.717, 1.165) is 0 Å². The Hall–Kier alpha value is -15.4. The van der Waals surface area contributed by atoms with Crippen LogP contribution < -0.4 is 0 Å². The number of rotatable bonds is 9. The van der Waals surface area contributed by atoms with Crippen LogP contribution in [0.25, 0.3) is 214 Å². The molecule has 0 N–H and O–H groups in total. The third-order valence-corrected chi connectivity index (χ3v) is 25.5. The first-order chi connectivity index (χ1) is 60.5. The lowest BCUT2D eigenvalue weighted by Gasteiger charge is -2.21. The van der Waals surface area contributed by atoms with Crippen molar-refractivity contribution in [1.82, 2.24) is 13.7 Å². The molecular formula is C120H87N3. The topological polar surface area (TPSA) is 14.8 Å². The molecule has 0 aliphatic rings. The molecule has 0 bridgehead atoms. The van der Waals surface area contributed by atoms with Gasteiger partial charge in [0.05, 0.1) is 33.1 Å². The zero-order valence-electron chi connectivity index (χ0n) is 69.4. The Kier molecular flexibility index (Phi) is 18.3. The maximum atomic E-state index is 2.38. The van der Waals surface area contributed by atoms with Crippen LogP contribution in [-0.4, -0.2) is 13.7 Å². The van der Waals surface area contributed by atoms with Gasteiger partial charge in [0.25, 0.3) is 0 Å². The van der Waals surface area contributed by atoms with Crippen molar-refractivity contribution in [2.24, 2.45) is 0 Å². The number of benzene rings is 21. The predicted molar refractivity (Wildman–Crippen MR) is 528 cm³/mol. The number of aromatic nitrogens is 3. The minimum atomic E-state index is 0.123. The Morgan fingerprint density at radius 3 is 0.553 bits per heavy atom. The fraction of sp³-hybridized carbons (Fsp3) is 0.0500. The van der Waals surface area contributed by atoms with Gasteiger partial charge in [-0.15, -0.1) is 0 Å². The standard InChI is InChI=1S/C42H33N.2C39H27N/c1-42(2,3)30-24-20-28(21-25-30)40-34-14-4-6-16-36(34)41(37-17-7-5-15-35(37)40)29-22-26-31(27-23-29)43-38-18-10-8-12-32(38)33-13-9-11-19-39(33)43;1-26-11-10-12-28(25-26)39-34-17-4-2-15-32(34)38(33-16-3-5-18-35(33)39)27-21-23-29(24-22-27)40-36-19-8-6-13-30(36)31-14-7-9-20-37(31)40;1-26-18-20-27(21-19-26)38-32-12-2-4-14-34(32)39(35-15-5-3-13-33(35)38)28-22-24-29(25-23-28)40-36-16-8-6-10-30(36)31-11-7-9-17-37(31)40/h4-27H,1-3H3;2*2-25H,1H3. The summed E-state index contributed by atoms with van der Waals surface area (Å²) in [6.07, 6.45) is 0. The van der Waals surface area contributed by atoms with Gasteiger partial charge in [-0.3, -0.25) is 0 Å². The summed E-state index contributed by atoms with van der Waals surface area (Å²) in [5.41, 5.74) is 30.2. The molecule has 0 aliphatic carbocycles. The molecule has 3 aromatic heterocycles. The molecule has 582 valence electrons. The van der Waals surface area contributed by atoms with Gasteiger partial charge in [0.2, 0.25) is 0 Å². The van der Waals surface area contributed by atoms with E-state index in [-0.39, 0.29) is 5.41 Å². The number of hydrogen-bond donors (Lipinski definition) is 0. The van der Waals surface area contributed by atoms with Crippen LogP contribution in [0.2, 0.25) is 0 Å². The molecule has 0 unspecified atom stereocenters. The highest BCUT2D eigenvalue weighted by Gasteiger charge is 2.24. The molecule has 3 heterocycles. The fourth-order valence-electron chi connectivity index (χ4n) is 19.8. The molecule has 0 spiro atoms. The van der Waals surface area contributed by atoms with Gasteiger partial charge in [-0.2, -0.15) is 0 Å². The Bertz CT molecular complexity index is 7920. The molecule has 21 aromatic carbocycles. The van der Waals surface area contributed by atoms with Crippen LogP contribution in [0.5, 0.6) is 0 Å². The van der Waals surface area contributed by atoms with E-state index in [1.807, 2.05) is 0 Å². The summed E-state index contributed by atoms with van der Waals surface area (Å²) in [4.78, 5) is 0. The lowest BCUT2D eigenvalue weighted by atomic mass is 9.83. The summed E-state index contributed by atoms with van der Waals surface area (Å²) in [6, 6.07) is 160. The Morgan fingerprint density at radius 1 is 0.154 bits per heavy atom. The van der Waals surface area contributed by atoms with Gasteiger partial charge < -0.3 is 13.7 Å². The van der Waals surface area contributed by atoms with Gasteiger partial charge in [0.15, 0.2) is 0 Å². The van der Waals surface area contributed by atoms with Gasteiger partial charge in [-0.05, 0) is 229 Å². The molecule has 3 heteroatoms. The van der Waals surface area contributed by atoms with Crippen molar-refractivity contribution in [3.8, 4) is 83.8 Å². The highest BCUT2D eigenvalue weighted by atomic mass is 15.0. The van der Waals surface area contributed by atoms with E-state index in [0.29, 0.717) is 0 Å². The summed E-state index contributed by atoms with van der Waals surface area (Å²) >= 11 is 0. The van der Waals surface area contributed by atoms with Crippen molar-refractivity contribution in [3.63, 3.8) is 0 Å². The van der Waals surface area contributed by atoms with Crippen LogP contribution in [0.3, 0.4) is 0 Å². The van der Waals surface area contributed by atoms with E-state index < -0.39 is 0 Å². The molecule has 0 saturated carbocycles. The molecule has 0 amide bonds. The molecule has 24 aromatic rings.